The highest BCUT2D eigenvalue weighted by Crippen LogP contribution is 2.41. The number of rotatable bonds is 8. The molecule has 0 aliphatic carbocycles. The first-order chi connectivity index (χ1) is 20.4. The number of nitrogens with one attached hydrogen (secondary N) is 1. The molecule has 0 saturated heterocycles. The lowest BCUT2D eigenvalue weighted by atomic mass is 10.2. The number of anilines is 1. The maximum absolute atomic E-state index is 13.4. The first-order valence-electron chi connectivity index (χ1n) is 14.3. The third-order valence-corrected chi connectivity index (χ3v) is 5.39. The maximum atomic E-state index is 13.4. The number of para-hydroxylation sites is 2. The summed E-state index contributed by atoms with van der Waals surface area (Å²) >= 11 is 0. The summed E-state index contributed by atoms with van der Waals surface area (Å²) < 4.78 is 122. The highest BCUT2D eigenvalue weighted by molar-refractivity contribution is 7.92. The Morgan fingerprint density at radius 2 is 1.82 bits per heavy atom. The molecular formula is C23H21N5O5S. The zero-order valence-electron chi connectivity index (χ0n) is 27.3. The van der Waals surface area contributed by atoms with Crippen molar-refractivity contribution in [3.63, 3.8) is 0 Å². The Balaban J connectivity index is 1.93. The van der Waals surface area contributed by atoms with E-state index in [1.165, 1.54) is 24.3 Å². The van der Waals surface area contributed by atoms with E-state index < -0.39 is 82.2 Å². The molecule has 1 aromatic carbocycles. The quantitative estimate of drug-likeness (QED) is 0.393. The molecule has 11 heteroatoms. The number of ether oxygens (including phenoxy) is 3. The van der Waals surface area contributed by atoms with Crippen LogP contribution in [0.5, 0.6) is 23.1 Å². The molecule has 0 saturated carbocycles. The molecule has 174 valence electrons. The van der Waals surface area contributed by atoms with Crippen LogP contribution < -0.4 is 18.9 Å². The molecule has 0 radical (unpaired) electrons. The zero-order chi connectivity index (χ0) is 32.6. The zero-order valence-corrected chi connectivity index (χ0v) is 18.1. The number of aromatic nitrogens is 4. The van der Waals surface area contributed by atoms with Crippen molar-refractivity contribution in [1.29, 1.82) is 0 Å². The van der Waals surface area contributed by atoms with E-state index in [0.717, 1.165) is 25.4 Å². The van der Waals surface area contributed by atoms with Crippen LogP contribution in [0, 0.1) is 6.85 Å². The van der Waals surface area contributed by atoms with E-state index in [4.69, 9.17) is 27.9 Å². The Hall–Kier alpha value is -4.25. The normalized spacial score (nSPS) is 16.0. The standard InChI is InChI=1S/C23H21N5O5S/c1-15-8-9-19(25-14-15)34(29,30)28-22-20(33-18-7-5-4-6-17(18)31-2)23(32-3)27-21(26-22)16-10-12-24-13-11-16/h4-14H,1-3H3,(H,26,27,28)/i1D3,2D3,10D,11D,12D,13D. The Morgan fingerprint density at radius 3 is 2.50 bits per heavy atom. The topological polar surface area (TPSA) is 125 Å². The monoisotopic (exact) mass is 489 g/mol. The van der Waals surface area contributed by atoms with E-state index in [-0.39, 0.29) is 17.1 Å². The lowest BCUT2D eigenvalue weighted by Gasteiger charge is -2.17. The highest BCUT2D eigenvalue weighted by Gasteiger charge is 2.25. The second-order valence-corrected chi connectivity index (χ2v) is 7.97. The van der Waals surface area contributed by atoms with Gasteiger partial charge in [0.15, 0.2) is 28.2 Å². The van der Waals surface area contributed by atoms with E-state index in [2.05, 4.69) is 24.7 Å². The van der Waals surface area contributed by atoms with Gasteiger partial charge in [-0.15, -0.1) is 0 Å². The van der Waals surface area contributed by atoms with Gasteiger partial charge in [0.2, 0.25) is 5.75 Å². The van der Waals surface area contributed by atoms with E-state index in [1.54, 1.807) is 0 Å². The predicted molar refractivity (Wildman–Crippen MR) is 125 cm³/mol. The van der Waals surface area contributed by atoms with Gasteiger partial charge >= 0.3 is 0 Å². The van der Waals surface area contributed by atoms with Crippen LogP contribution in [0.3, 0.4) is 0 Å². The number of hydrogen-bond acceptors (Lipinski definition) is 9. The molecule has 0 spiro atoms. The summed E-state index contributed by atoms with van der Waals surface area (Å²) in [6.07, 6.45) is -0.505. The van der Waals surface area contributed by atoms with E-state index >= 15 is 0 Å². The van der Waals surface area contributed by atoms with Crippen LogP contribution in [-0.4, -0.2) is 42.5 Å². The third kappa shape index (κ3) is 4.89. The van der Waals surface area contributed by atoms with Crippen molar-refractivity contribution in [2.45, 2.75) is 11.9 Å². The number of sulfonamides is 1. The van der Waals surface area contributed by atoms with Crippen LogP contribution in [0.15, 0.2) is 72.1 Å². The average molecular weight is 490 g/mol. The van der Waals surface area contributed by atoms with Crippen LogP contribution in [0.25, 0.3) is 11.4 Å². The number of hydrogen-bond donors (Lipinski definition) is 1. The van der Waals surface area contributed by atoms with E-state index in [9.17, 15) is 8.42 Å². The number of aryl methyl sites for hydroxylation is 1. The van der Waals surface area contributed by atoms with Crippen molar-refractivity contribution in [3.8, 4) is 34.5 Å². The molecule has 3 heterocycles. The molecule has 0 bridgehead atoms. The SMILES string of the molecule is [2H]c1nc([2H])c([2H])c(-c2nc(NS(=O)(=O)c3ccc(C([2H])([2H])[2H])cn3)c(Oc3ccccc3OC([2H])([2H])[2H])c(OC)n2)c1[2H]. The first kappa shape index (κ1) is 13.5. The van der Waals surface area contributed by atoms with E-state index in [0.29, 0.717) is 0 Å². The van der Waals surface area contributed by atoms with Crippen molar-refractivity contribution in [3.05, 3.63) is 72.6 Å². The van der Waals surface area contributed by atoms with Gasteiger partial charge in [-0.3, -0.25) is 9.71 Å². The summed E-state index contributed by atoms with van der Waals surface area (Å²) in [6, 6.07) is 6.18. The van der Waals surface area contributed by atoms with Gasteiger partial charge in [0.1, 0.15) is 0 Å². The van der Waals surface area contributed by atoms with Gasteiger partial charge in [0, 0.05) is 28.2 Å². The molecule has 3 aromatic heterocycles. The molecule has 0 aliphatic rings. The predicted octanol–water partition coefficient (Wildman–Crippen LogP) is 3.85. The number of methoxy groups -OCH3 is 2. The van der Waals surface area contributed by atoms with Gasteiger partial charge in [-0.1, -0.05) is 18.2 Å². The lowest BCUT2D eigenvalue weighted by molar-refractivity contribution is 0.348. The number of pyridine rings is 2. The molecule has 34 heavy (non-hydrogen) atoms. The minimum absolute atomic E-state index is 0.224. The van der Waals surface area contributed by atoms with Gasteiger partial charge in [-0.2, -0.15) is 13.4 Å². The maximum Gasteiger partial charge on any atom is 0.280 e. The van der Waals surface area contributed by atoms with E-state index in [1.807, 2.05) is 0 Å². The van der Waals surface area contributed by atoms with Gasteiger partial charge in [0.05, 0.1) is 23.7 Å². The summed E-state index contributed by atoms with van der Waals surface area (Å²) in [5.74, 6) is -2.69. The summed E-state index contributed by atoms with van der Waals surface area (Å²) in [5, 5.41) is -0.630. The average Bonchev–Trinajstić information content (AvgIpc) is 2.92. The minimum Gasteiger partial charge on any atom is -0.493 e. The second kappa shape index (κ2) is 9.71. The second-order valence-electron chi connectivity index (χ2n) is 6.34. The fourth-order valence-electron chi connectivity index (χ4n) is 2.63. The Morgan fingerprint density at radius 1 is 1.03 bits per heavy atom. The van der Waals surface area contributed by atoms with Gasteiger partial charge < -0.3 is 14.2 Å². The van der Waals surface area contributed by atoms with Crippen LogP contribution in [0.4, 0.5) is 5.82 Å². The van der Waals surface area contributed by atoms with Gasteiger partial charge in [-0.05, 0) is 42.7 Å². The van der Waals surface area contributed by atoms with Crippen LogP contribution in [-0.2, 0) is 10.0 Å². The highest BCUT2D eigenvalue weighted by atomic mass is 32.2. The third-order valence-electron chi connectivity index (χ3n) is 4.14. The molecule has 0 aliphatic heterocycles. The molecule has 4 rings (SSSR count). The van der Waals surface area contributed by atoms with Gasteiger partial charge in [-0.25, -0.2) is 9.97 Å². The van der Waals surface area contributed by atoms with Gasteiger partial charge in [0.25, 0.3) is 15.9 Å². The molecule has 4 aromatic rings. The molecule has 0 unspecified atom stereocenters. The lowest BCUT2D eigenvalue weighted by Crippen LogP contribution is -2.17. The summed E-state index contributed by atoms with van der Waals surface area (Å²) in [6.45, 7) is -2.55. The van der Waals surface area contributed by atoms with Crippen molar-refractivity contribution in [2.75, 3.05) is 18.9 Å². The number of nitrogens with zero attached hydrogens (tertiary/aromatic N) is 4. The smallest absolute Gasteiger partial charge is 0.280 e. The Kier molecular flexibility index (Phi) is 3.84. The summed E-state index contributed by atoms with van der Waals surface area (Å²) in [5.41, 5.74) is -0.676. The minimum atomic E-state index is -4.66. The number of benzene rings is 1. The fraction of sp³-hybridized carbons (Fsp3) is 0.130. The van der Waals surface area contributed by atoms with Crippen molar-refractivity contribution >= 4 is 15.8 Å². The van der Waals surface area contributed by atoms with Crippen molar-refractivity contribution in [1.82, 2.24) is 19.9 Å². The summed E-state index contributed by atoms with van der Waals surface area (Å²) in [4.78, 5) is 15.4. The molecule has 0 fully saturated rings. The molecule has 0 atom stereocenters. The molecule has 0 amide bonds. The molecule has 1 N–H and O–H groups in total. The molecular weight excluding hydrogens is 458 g/mol. The Labute approximate surface area is 210 Å². The van der Waals surface area contributed by atoms with Crippen molar-refractivity contribution < 1.29 is 36.3 Å². The summed E-state index contributed by atoms with van der Waals surface area (Å²) in [7, 11) is -6.43. The largest absolute Gasteiger partial charge is 0.493 e. The van der Waals surface area contributed by atoms with Crippen LogP contribution in [0.2, 0.25) is 0 Å². The van der Waals surface area contributed by atoms with Crippen molar-refractivity contribution in [2.24, 2.45) is 0 Å². The first-order valence-corrected chi connectivity index (χ1v) is 10.8. The van der Waals surface area contributed by atoms with Crippen LogP contribution in [0.1, 0.15) is 19.3 Å². The fourth-order valence-corrected chi connectivity index (χ4v) is 3.56. The molecule has 10 nitrogen and oxygen atoms in total. The van der Waals surface area contributed by atoms with Crippen LogP contribution >= 0.6 is 0 Å². The Bertz CT molecular complexity index is 1790.